The van der Waals surface area contributed by atoms with Crippen LogP contribution in [0.4, 0.5) is 23.8 Å². The van der Waals surface area contributed by atoms with Crippen LogP contribution in [0.1, 0.15) is 33.4 Å². The Kier molecular flexibility index (Phi) is 4.91. The van der Waals surface area contributed by atoms with Gasteiger partial charge in [-0.05, 0) is 27.7 Å². The molecule has 9 heteroatoms. The average molecular weight is 346 g/mol. The maximum Gasteiger partial charge on any atom is 0.433 e. The van der Waals surface area contributed by atoms with Crippen LogP contribution in [0, 0.1) is 0 Å². The van der Waals surface area contributed by atoms with Gasteiger partial charge in [0.15, 0.2) is 0 Å². The van der Waals surface area contributed by atoms with Crippen LogP contribution in [0.25, 0.3) is 0 Å². The van der Waals surface area contributed by atoms with Gasteiger partial charge in [-0.15, -0.1) is 0 Å². The highest BCUT2D eigenvalue weighted by atomic mass is 19.4. The molecule has 1 aliphatic heterocycles. The van der Waals surface area contributed by atoms with Crippen molar-refractivity contribution in [1.29, 1.82) is 0 Å². The first-order valence-electron chi connectivity index (χ1n) is 7.61. The third kappa shape index (κ3) is 4.48. The Morgan fingerprint density at radius 3 is 2.46 bits per heavy atom. The second kappa shape index (κ2) is 6.45. The number of rotatable bonds is 1. The summed E-state index contributed by atoms with van der Waals surface area (Å²) in [5.74, 6) is 0.202. The highest BCUT2D eigenvalue weighted by Crippen LogP contribution is 2.30. The molecular weight excluding hydrogens is 325 g/mol. The highest BCUT2D eigenvalue weighted by molar-refractivity contribution is 5.68. The Hall–Kier alpha value is -2.06. The van der Waals surface area contributed by atoms with Gasteiger partial charge in [0, 0.05) is 31.7 Å². The monoisotopic (exact) mass is 346 g/mol. The van der Waals surface area contributed by atoms with Crippen molar-refractivity contribution in [2.45, 2.75) is 45.5 Å². The van der Waals surface area contributed by atoms with Crippen molar-refractivity contribution in [1.82, 2.24) is 14.9 Å². The molecule has 0 unspecified atom stereocenters. The fraction of sp³-hybridized carbons (Fsp3) is 0.667. The number of anilines is 1. The molecule has 1 atom stereocenters. The summed E-state index contributed by atoms with van der Waals surface area (Å²) in [5, 5.41) is 0. The minimum Gasteiger partial charge on any atom is -0.444 e. The van der Waals surface area contributed by atoms with Gasteiger partial charge in [-0.1, -0.05) is 0 Å². The fourth-order valence-electron chi connectivity index (χ4n) is 2.45. The maximum absolute atomic E-state index is 12.8. The lowest BCUT2D eigenvalue weighted by Gasteiger charge is -2.40. The number of carbonyl (C=O) groups excluding carboxylic acids is 1. The van der Waals surface area contributed by atoms with E-state index in [0.29, 0.717) is 19.6 Å². The maximum atomic E-state index is 12.8. The number of hydrogen-bond acceptors (Lipinski definition) is 5. The molecule has 0 radical (unpaired) electrons. The molecule has 1 saturated heterocycles. The van der Waals surface area contributed by atoms with E-state index < -0.39 is 23.6 Å². The van der Waals surface area contributed by atoms with Gasteiger partial charge >= 0.3 is 12.3 Å². The fourth-order valence-corrected chi connectivity index (χ4v) is 2.45. The van der Waals surface area contributed by atoms with Crippen LogP contribution in [0.5, 0.6) is 0 Å². The van der Waals surface area contributed by atoms with Gasteiger partial charge in [-0.25, -0.2) is 14.8 Å². The minimum absolute atomic E-state index is 0.192. The Morgan fingerprint density at radius 1 is 1.25 bits per heavy atom. The van der Waals surface area contributed by atoms with Gasteiger partial charge in [0.2, 0.25) is 0 Å². The number of hydrogen-bond donors (Lipinski definition) is 0. The molecule has 0 aromatic carbocycles. The van der Waals surface area contributed by atoms with Gasteiger partial charge < -0.3 is 14.5 Å². The molecule has 134 valence electrons. The largest absolute Gasteiger partial charge is 0.444 e. The van der Waals surface area contributed by atoms with Crippen LogP contribution < -0.4 is 4.90 Å². The number of halogens is 3. The quantitative estimate of drug-likeness (QED) is 0.782. The molecule has 2 heterocycles. The summed E-state index contributed by atoms with van der Waals surface area (Å²) in [7, 11) is 0. The summed E-state index contributed by atoms with van der Waals surface area (Å²) >= 11 is 0. The zero-order valence-corrected chi connectivity index (χ0v) is 14.1. The van der Waals surface area contributed by atoms with E-state index in [4.69, 9.17) is 4.74 Å². The van der Waals surface area contributed by atoms with Gasteiger partial charge in [-0.3, -0.25) is 0 Å². The van der Waals surface area contributed by atoms with Crippen molar-refractivity contribution in [3.63, 3.8) is 0 Å². The first-order chi connectivity index (χ1) is 11.0. The van der Waals surface area contributed by atoms with Crippen LogP contribution >= 0.6 is 0 Å². The standard InChI is InChI=1S/C15H21F3N4O2/c1-10-8-21(13(23)24-14(2,3)4)5-6-22(10)12-7-11(15(16,17)18)19-9-20-12/h7,9-10H,5-6,8H2,1-4H3/t10-/m0/s1. The Labute approximate surface area is 138 Å². The van der Waals surface area contributed by atoms with Gasteiger partial charge in [0.1, 0.15) is 23.4 Å². The lowest BCUT2D eigenvalue weighted by atomic mass is 10.2. The summed E-state index contributed by atoms with van der Waals surface area (Å²) in [6.45, 7) is 8.24. The van der Waals surface area contributed by atoms with Crippen LogP contribution in [-0.2, 0) is 10.9 Å². The number of alkyl halides is 3. The first-order valence-corrected chi connectivity index (χ1v) is 7.61. The van der Waals surface area contributed by atoms with Crippen molar-refractivity contribution < 1.29 is 22.7 Å². The average Bonchev–Trinajstić information content (AvgIpc) is 2.44. The number of carbonyl (C=O) groups is 1. The summed E-state index contributed by atoms with van der Waals surface area (Å²) in [6.07, 6.45) is -4.03. The normalized spacial score (nSPS) is 19.4. The molecule has 1 aliphatic rings. The SMILES string of the molecule is C[C@H]1CN(C(=O)OC(C)(C)C)CCN1c1cc(C(F)(F)F)ncn1. The molecule has 0 aliphatic carbocycles. The van der Waals surface area contributed by atoms with Crippen molar-refractivity contribution in [2.75, 3.05) is 24.5 Å². The van der Waals surface area contributed by atoms with E-state index in [9.17, 15) is 18.0 Å². The van der Waals surface area contributed by atoms with E-state index in [1.807, 2.05) is 6.92 Å². The zero-order chi connectivity index (χ0) is 18.1. The molecule has 2 rings (SSSR count). The van der Waals surface area contributed by atoms with Crippen LogP contribution in [0.3, 0.4) is 0 Å². The molecule has 0 N–H and O–H groups in total. The molecule has 0 saturated carbocycles. The molecule has 24 heavy (non-hydrogen) atoms. The van der Waals surface area contributed by atoms with E-state index in [1.54, 1.807) is 30.6 Å². The number of nitrogens with zero attached hydrogens (tertiary/aromatic N) is 4. The van der Waals surface area contributed by atoms with E-state index in [1.165, 1.54) is 0 Å². The zero-order valence-electron chi connectivity index (χ0n) is 14.1. The molecule has 0 bridgehead atoms. The van der Waals surface area contributed by atoms with Gasteiger partial charge in [-0.2, -0.15) is 13.2 Å². The summed E-state index contributed by atoms with van der Waals surface area (Å²) in [4.78, 5) is 22.6. The smallest absolute Gasteiger partial charge is 0.433 e. The van der Waals surface area contributed by atoms with Gasteiger partial charge in [0.25, 0.3) is 0 Å². The second-order valence-corrected chi connectivity index (χ2v) is 6.73. The third-order valence-electron chi connectivity index (χ3n) is 3.52. The predicted molar refractivity (Wildman–Crippen MR) is 81.6 cm³/mol. The van der Waals surface area contributed by atoms with Crippen LogP contribution in [-0.4, -0.2) is 52.2 Å². The number of amides is 1. The molecule has 6 nitrogen and oxygen atoms in total. The third-order valence-corrected chi connectivity index (χ3v) is 3.52. The van der Waals surface area contributed by atoms with Crippen LogP contribution in [0.2, 0.25) is 0 Å². The molecule has 0 spiro atoms. The second-order valence-electron chi connectivity index (χ2n) is 6.73. The van der Waals surface area contributed by atoms with Gasteiger partial charge in [0.05, 0.1) is 0 Å². The minimum atomic E-state index is -4.51. The van der Waals surface area contributed by atoms with E-state index in [-0.39, 0.29) is 11.9 Å². The highest BCUT2D eigenvalue weighted by Gasteiger charge is 2.35. The number of ether oxygens (including phenoxy) is 1. The lowest BCUT2D eigenvalue weighted by Crippen LogP contribution is -2.54. The Bertz CT molecular complexity index is 601. The van der Waals surface area contributed by atoms with Crippen molar-refractivity contribution in [3.05, 3.63) is 18.1 Å². The van der Waals surface area contributed by atoms with E-state index in [2.05, 4.69) is 9.97 Å². The van der Waals surface area contributed by atoms with Crippen molar-refractivity contribution >= 4 is 11.9 Å². The van der Waals surface area contributed by atoms with Crippen molar-refractivity contribution in [3.8, 4) is 0 Å². The molecule has 1 amide bonds. The topological polar surface area (TPSA) is 58.6 Å². The Balaban J connectivity index is 2.08. The summed E-state index contributed by atoms with van der Waals surface area (Å²) in [6, 6.07) is 0.738. The number of aromatic nitrogens is 2. The van der Waals surface area contributed by atoms with E-state index in [0.717, 1.165) is 12.4 Å². The molecule has 1 aromatic heterocycles. The molecule has 1 aromatic rings. The molecular formula is C15H21F3N4O2. The van der Waals surface area contributed by atoms with E-state index >= 15 is 0 Å². The summed E-state index contributed by atoms with van der Waals surface area (Å²) < 4.78 is 43.7. The molecule has 1 fully saturated rings. The summed E-state index contributed by atoms with van der Waals surface area (Å²) in [5.41, 5.74) is -1.57. The lowest BCUT2D eigenvalue weighted by molar-refractivity contribution is -0.141. The van der Waals surface area contributed by atoms with Crippen molar-refractivity contribution in [2.24, 2.45) is 0 Å². The van der Waals surface area contributed by atoms with Crippen LogP contribution in [0.15, 0.2) is 12.4 Å². The Morgan fingerprint density at radius 2 is 1.92 bits per heavy atom. The first kappa shape index (κ1) is 18.3. The number of piperazine rings is 1. The predicted octanol–water partition coefficient (Wildman–Crippen LogP) is 2.94.